The minimum Gasteiger partial charge on any atom is -0.478 e. The first-order chi connectivity index (χ1) is 18.4. The van der Waals surface area contributed by atoms with Gasteiger partial charge in [-0.1, -0.05) is 41.9 Å². The van der Waals surface area contributed by atoms with E-state index in [2.05, 4.69) is 26.2 Å². The number of tetrazole rings is 1. The molecule has 0 radical (unpaired) electrons. The molecule has 1 aromatic heterocycles. The zero-order valence-electron chi connectivity index (χ0n) is 20.0. The first kappa shape index (κ1) is 26.2. The fourth-order valence-corrected chi connectivity index (χ4v) is 3.86. The Morgan fingerprint density at radius 2 is 1.79 bits per heavy atom. The van der Waals surface area contributed by atoms with E-state index < -0.39 is 23.8 Å². The molecule has 11 heteroatoms. The summed E-state index contributed by atoms with van der Waals surface area (Å²) in [5, 5.41) is 26.2. The van der Waals surface area contributed by atoms with Gasteiger partial charge in [0.15, 0.2) is 0 Å². The molecule has 0 aliphatic carbocycles. The van der Waals surface area contributed by atoms with E-state index in [9.17, 15) is 14.4 Å². The number of nitrogens with one attached hydrogen (secondary N) is 2. The summed E-state index contributed by atoms with van der Waals surface area (Å²) in [6, 6.07) is 19.6. The van der Waals surface area contributed by atoms with Gasteiger partial charge in [-0.2, -0.15) is 4.68 Å². The average molecular weight is 531 g/mol. The number of carbonyl (C=O) groups excluding carboxylic acids is 2. The highest BCUT2D eigenvalue weighted by atomic mass is 35.5. The second kappa shape index (κ2) is 12.4. The van der Waals surface area contributed by atoms with Crippen LogP contribution in [0.3, 0.4) is 0 Å². The Labute approximate surface area is 222 Å². The van der Waals surface area contributed by atoms with Gasteiger partial charge in [0.25, 0.3) is 0 Å². The van der Waals surface area contributed by atoms with E-state index in [1.54, 1.807) is 24.3 Å². The van der Waals surface area contributed by atoms with Crippen molar-refractivity contribution < 1.29 is 19.5 Å². The third-order valence-corrected chi connectivity index (χ3v) is 5.83. The smallest absolute Gasteiger partial charge is 0.335 e. The van der Waals surface area contributed by atoms with Crippen LogP contribution >= 0.6 is 11.6 Å². The lowest BCUT2D eigenvalue weighted by Crippen LogP contribution is -2.43. The van der Waals surface area contributed by atoms with Crippen molar-refractivity contribution in [1.29, 1.82) is 0 Å². The third kappa shape index (κ3) is 7.11. The first-order valence-electron chi connectivity index (χ1n) is 11.6. The number of benzene rings is 3. The Balaban J connectivity index is 1.49. The van der Waals surface area contributed by atoms with Crippen LogP contribution in [0.4, 0.5) is 5.69 Å². The van der Waals surface area contributed by atoms with Crippen molar-refractivity contribution >= 4 is 41.1 Å². The van der Waals surface area contributed by atoms with E-state index in [1.807, 2.05) is 30.3 Å². The van der Waals surface area contributed by atoms with Gasteiger partial charge in [0, 0.05) is 22.3 Å². The molecule has 0 saturated carbocycles. The molecule has 2 amide bonds. The third-order valence-electron chi connectivity index (χ3n) is 5.60. The van der Waals surface area contributed by atoms with Gasteiger partial charge in [-0.25, -0.2) is 4.79 Å². The molecule has 0 fully saturated rings. The lowest BCUT2D eigenvalue weighted by molar-refractivity contribution is -0.123. The number of carboxylic acid groups (broad SMARTS) is 1. The summed E-state index contributed by atoms with van der Waals surface area (Å²) < 4.78 is 1.44. The van der Waals surface area contributed by atoms with Crippen LogP contribution < -0.4 is 10.6 Å². The average Bonchev–Trinajstić information content (AvgIpc) is 3.45. The molecule has 192 valence electrons. The van der Waals surface area contributed by atoms with Crippen LogP contribution in [0.15, 0.2) is 85.2 Å². The summed E-state index contributed by atoms with van der Waals surface area (Å²) >= 11 is 6.14. The van der Waals surface area contributed by atoms with Crippen LogP contribution in [0.2, 0.25) is 5.02 Å². The maximum absolute atomic E-state index is 13.1. The Morgan fingerprint density at radius 3 is 2.47 bits per heavy atom. The van der Waals surface area contributed by atoms with Crippen molar-refractivity contribution in [2.75, 3.05) is 5.32 Å². The molecule has 3 N–H and O–H groups in total. The molecule has 0 saturated heterocycles. The Kier molecular flexibility index (Phi) is 8.57. The number of nitrogens with zero attached hydrogens (tertiary/aromatic N) is 4. The van der Waals surface area contributed by atoms with E-state index in [0.29, 0.717) is 34.8 Å². The maximum atomic E-state index is 13.1. The Bertz CT molecular complexity index is 1440. The second-order valence-corrected chi connectivity index (χ2v) is 8.68. The highest BCUT2D eigenvalue weighted by Crippen LogP contribution is 2.20. The van der Waals surface area contributed by atoms with Crippen molar-refractivity contribution in [3.63, 3.8) is 0 Å². The van der Waals surface area contributed by atoms with Gasteiger partial charge < -0.3 is 15.7 Å². The number of rotatable bonds is 10. The van der Waals surface area contributed by atoms with Gasteiger partial charge in [0.2, 0.25) is 11.8 Å². The highest BCUT2D eigenvalue weighted by molar-refractivity contribution is 6.30. The molecule has 4 rings (SSSR count). The number of aromatic carboxylic acids is 1. The van der Waals surface area contributed by atoms with Gasteiger partial charge in [0.05, 0.1) is 11.3 Å². The van der Waals surface area contributed by atoms with Crippen LogP contribution in [-0.2, 0) is 16.0 Å². The number of anilines is 1. The molecule has 10 nitrogen and oxygen atoms in total. The number of aromatic nitrogens is 4. The quantitative estimate of drug-likeness (QED) is 0.265. The van der Waals surface area contributed by atoms with Crippen molar-refractivity contribution in [2.45, 2.75) is 18.9 Å². The second-order valence-electron chi connectivity index (χ2n) is 8.25. The molecule has 0 spiro atoms. The number of hydrogen-bond acceptors (Lipinski definition) is 6. The molecule has 4 aromatic rings. The number of aryl methyl sites for hydroxylation is 1. The van der Waals surface area contributed by atoms with Crippen molar-refractivity contribution in [1.82, 2.24) is 25.5 Å². The van der Waals surface area contributed by atoms with Crippen LogP contribution in [0.1, 0.15) is 27.9 Å². The molecule has 38 heavy (non-hydrogen) atoms. The van der Waals surface area contributed by atoms with Crippen LogP contribution in [0.5, 0.6) is 0 Å². The van der Waals surface area contributed by atoms with Gasteiger partial charge in [-0.05, 0) is 77.4 Å². The first-order valence-corrected chi connectivity index (χ1v) is 12.0. The SMILES string of the molecule is O=C(C=Cc1cc(Cl)ccc1-n1cnnn1)N[C@@H](CCc1ccccc1)C(=O)Nc1ccc(C(=O)O)cc1. The monoisotopic (exact) mass is 530 g/mol. The fraction of sp³-hybridized carbons (Fsp3) is 0.111. The van der Waals surface area contributed by atoms with Crippen molar-refractivity contribution in [3.8, 4) is 5.69 Å². The Morgan fingerprint density at radius 1 is 1.03 bits per heavy atom. The predicted octanol–water partition coefficient (Wildman–Crippen LogP) is 3.78. The number of halogens is 1. The molecule has 0 aliphatic heterocycles. The number of amides is 2. The van der Waals surface area contributed by atoms with Crippen LogP contribution in [-0.4, -0.2) is 49.1 Å². The summed E-state index contributed by atoms with van der Waals surface area (Å²) in [5.41, 5.74) is 2.75. The van der Waals surface area contributed by atoms with Crippen LogP contribution in [0.25, 0.3) is 11.8 Å². The minimum absolute atomic E-state index is 0.101. The van der Waals surface area contributed by atoms with Crippen LogP contribution in [0, 0.1) is 0 Å². The molecule has 1 heterocycles. The number of carboxylic acids is 1. The molecular weight excluding hydrogens is 508 g/mol. The fourth-order valence-electron chi connectivity index (χ4n) is 3.67. The standard InChI is InChI=1S/C27H23ClN6O4/c28-21-10-14-24(34-17-29-32-33-34)20(16-21)9-15-25(35)31-23(13-6-18-4-2-1-3-5-18)26(36)30-22-11-7-19(8-12-22)27(37)38/h1-5,7-12,14-17,23H,6,13H2,(H,30,36)(H,31,35)(H,37,38)/t23-/m0/s1. The van der Waals surface area contributed by atoms with Gasteiger partial charge >= 0.3 is 5.97 Å². The van der Waals surface area contributed by atoms with Gasteiger partial charge in [-0.3, -0.25) is 9.59 Å². The Hall–Kier alpha value is -4.83. The van der Waals surface area contributed by atoms with E-state index in [-0.39, 0.29) is 5.56 Å². The molecule has 0 bridgehead atoms. The lowest BCUT2D eigenvalue weighted by atomic mass is 10.0. The summed E-state index contributed by atoms with van der Waals surface area (Å²) in [6.07, 6.45) is 5.20. The zero-order valence-corrected chi connectivity index (χ0v) is 20.7. The zero-order chi connectivity index (χ0) is 26.9. The minimum atomic E-state index is -1.06. The molecule has 0 aliphatic rings. The summed E-state index contributed by atoms with van der Waals surface area (Å²) in [7, 11) is 0. The predicted molar refractivity (Wildman–Crippen MR) is 142 cm³/mol. The van der Waals surface area contributed by atoms with E-state index in [4.69, 9.17) is 16.7 Å². The molecule has 0 unspecified atom stereocenters. The van der Waals surface area contributed by atoms with Crippen molar-refractivity contribution in [3.05, 3.63) is 107 Å². The van der Waals surface area contributed by atoms with Crippen molar-refractivity contribution in [2.24, 2.45) is 0 Å². The summed E-state index contributed by atoms with van der Waals surface area (Å²) in [5.74, 6) is -1.98. The lowest BCUT2D eigenvalue weighted by Gasteiger charge is -2.18. The maximum Gasteiger partial charge on any atom is 0.335 e. The summed E-state index contributed by atoms with van der Waals surface area (Å²) in [4.78, 5) is 37.1. The highest BCUT2D eigenvalue weighted by Gasteiger charge is 2.20. The number of carbonyl (C=O) groups is 3. The largest absolute Gasteiger partial charge is 0.478 e. The van der Waals surface area contributed by atoms with E-state index >= 15 is 0 Å². The van der Waals surface area contributed by atoms with E-state index in [1.165, 1.54) is 41.4 Å². The van der Waals surface area contributed by atoms with Gasteiger partial charge in [0.1, 0.15) is 12.4 Å². The molecule has 1 atom stereocenters. The molecule has 3 aromatic carbocycles. The summed E-state index contributed by atoms with van der Waals surface area (Å²) in [6.45, 7) is 0. The molecular formula is C27H23ClN6O4. The number of hydrogen-bond donors (Lipinski definition) is 3. The topological polar surface area (TPSA) is 139 Å². The van der Waals surface area contributed by atoms with Gasteiger partial charge in [-0.15, -0.1) is 5.10 Å². The normalized spacial score (nSPS) is 11.7. The van der Waals surface area contributed by atoms with E-state index in [0.717, 1.165) is 5.56 Å².